The molecule has 1 aromatic carbocycles. The maximum atomic E-state index is 6.06. The molecular formula is C16H25BrN2. The summed E-state index contributed by atoms with van der Waals surface area (Å²) in [5.74, 6) is 0. The molecule has 0 bridgehead atoms. The van der Waals surface area contributed by atoms with Crippen LogP contribution in [-0.4, -0.2) is 24.5 Å². The van der Waals surface area contributed by atoms with Gasteiger partial charge in [0, 0.05) is 23.6 Å². The third-order valence-corrected chi connectivity index (χ3v) is 5.62. The third-order valence-electron chi connectivity index (χ3n) is 4.90. The summed E-state index contributed by atoms with van der Waals surface area (Å²) in [5.41, 5.74) is 7.90. The average molecular weight is 325 g/mol. The van der Waals surface area contributed by atoms with Gasteiger partial charge in [-0.15, -0.1) is 0 Å². The normalized spacial score (nSPS) is 20.6. The number of nitrogens with two attached hydrogens (primary N) is 1. The van der Waals surface area contributed by atoms with Crippen LogP contribution in [0.25, 0.3) is 0 Å². The summed E-state index contributed by atoms with van der Waals surface area (Å²) in [6.07, 6.45) is 3.85. The van der Waals surface area contributed by atoms with E-state index < -0.39 is 0 Å². The minimum atomic E-state index is 0.343. The Morgan fingerprint density at radius 2 is 2.00 bits per heavy atom. The predicted octanol–water partition coefficient (Wildman–Crippen LogP) is 3.96. The van der Waals surface area contributed by atoms with Crippen LogP contribution in [0.5, 0.6) is 0 Å². The zero-order valence-corrected chi connectivity index (χ0v) is 13.6. The first kappa shape index (κ1) is 15.0. The van der Waals surface area contributed by atoms with Crippen LogP contribution in [0.4, 0.5) is 0 Å². The van der Waals surface area contributed by atoms with Gasteiger partial charge in [0.25, 0.3) is 0 Å². The Kier molecular flexibility index (Phi) is 5.04. The van der Waals surface area contributed by atoms with Crippen LogP contribution >= 0.6 is 15.9 Å². The van der Waals surface area contributed by atoms with Crippen LogP contribution in [0.1, 0.15) is 44.7 Å². The fraction of sp³-hybridized carbons (Fsp3) is 0.625. The van der Waals surface area contributed by atoms with Crippen LogP contribution in [0.3, 0.4) is 0 Å². The summed E-state index contributed by atoms with van der Waals surface area (Å²) >= 11 is 3.67. The van der Waals surface area contributed by atoms with Crippen molar-refractivity contribution in [1.29, 1.82) is 0 Å². The highest BCUT2D eigenvalue weighted by atomic mass is 79.9. The molecule has 1 atom stereocenters. The van der Waals surface area contributed by atoms with Crippen molar-refractivity contribution in [3.05, 3.63) is 34.3 Å². The van der Waals surface area contributed by atoms with E-state index in [1.807, 2.05) is 0 Å². The molecule has 0 radical (unpaired) electrons. The fourth-order valence-corrected chi connectivity index (χ4v) is 3.83. The Labute approximate surface area is 125 Å². The highest BCUT2D eigenvalue weighted by Gasteiger charge is 2.38. The van der Waals surface area contributed by atoms with E-state index in [0.717, 1.165) is 0 Å². The van der Waals surface area contributed by atoms with Gasteiger partial charge in [0.2, 0.25) is 0 Å². The first-order valence-corrected chi connectivity index (χ1v) is 8.13. The van der Waals surface area contributed by atoms with Crippen LogP contribution in [0.15, 0.2) is 28.7 Å². The van der Waals surface area contributed by atoms with Crippen molar-refractivity contribution in [3.8, 4) is 0 Å². The zero-order chi connectivity index (χ0) is 13.9. The molecule has 0 aromatic heterocycles. The summed E-state index contributed by atoms with van der Waals surface area (Å²) in [6, 6.07) is 8.82. The third kappa shape index (κ3) is 3.04. The SMILES string of the molecule is CCC1(CC)CCN(C(CN)c2ccccc2Br)C1. The van der Waals surface area contributed by atoms with Gasteiger partial charge >= 0.3 is 0 Å². The second-order valence-corrected chi connectivity index (χ2v) is 6.55. The lowest BCUT2D eigenvalue weighted by atomic mass is 9.82. The molecule has 1 aliphatic rings. The van der Waals surface area contributed by atoms with Crippen molar-refractivity contribution in [1.82, 2.24) is 4.90 Å². The topological polar surface area (TPSA) is 29.3 Å². The maximum absolute atomic E-state index is 6.06. The van der Waals surface area contributed by atoms with E-state index in [2.05, 4.69) is 58.9 Å². The van der Waals surface area contributed by atoms with Gasteiger partial charge in [-0.3, -0.25) is 4.90 Å². The molecule has 0 saturated carbocycles. The molecule has 2 rings (SSSR count). The fourth-order valence-electron chi connectivity index (χ4n) is 3.28. The van der Waals surface area contributed by atoms with E-state index in [1.165, 1.54) is 42.4 Å². The number of nitrogens with zero attached hydrogens (tertiary/aromatic N) is 1. The van der Waals surface area contributed by atoms with Gasteiger partial charge in [-0.25, -0.2) is 0 Å². The Hall–Kier alpha value is -0.380. The van der Waals surface area contributed by atoms with Gasteiger partial charge in [0.05, 0.1) is 0 Å². The van der Waals surface area contributed by atoms with Crippen molar-refractivity contribution < 1.29 is 0 Å². The maximum Gasteiger partial charge on any atom is 0.0481 e. The minimum Gasteiger partial charge on any atom is -0.329 e. The van der Waals surface area contributed by atoms with Crippen molar-refractivity contribution in [3.63, 3.8) is 0 Å². The van der Waals surface area contributed by atoms with Crippen molar-refractivity contribution in [2.45, 2.75) is 39.2 Å². The lowest BCUT2D eigenvalue weighted by Gasteiger charge is -2.31. The average Bonchev–Trinajstić information content (AvgIpc) is 2.87. The number of benzene rings is 1. The van der Waals surface area contributed by atoms with E-state index in [9.17, 15) is 0 Å². The van der Waals surface area contributed by atoms with Gasteiger partial charge in [-0.05, 0) is 42.9 Å². The Morgan fingerprint density at radius 1 is 1.32 bits per heavy atom. The van der Waals surface area contributed by atoms with Gasteiger partial charge < -0.3 is 5.73 Å². The molecular weight excluding hydrogens is 300 g/mol. The molecule has 1 fully saturated rings. The standard InChI is InChI=1S/C16H25BrN2/c1-3-16(4-2)9-10-19(12-16)15(11-18)13-7-5-6-8-14(13)17/h5-8,15H,3-4,9-12,18H2,1-2H3. The molecule has 1 heterocycles. The molecule has 0 amide bonds. The first-order valence-electron chi connectivity index (χ1n) is 7.34. The molecule has 3 heteroatoms. The summed E-state index contributed by atoms with van der Waals surface area (Å²) in [4.78, 5) is 2.58. The molecule has 19 heavy (non-hydrogen) atoms. The zero-order valence-electron chi connectivity index (χ0n) is 12.0. The van der Waals surface area contributed by atoms with E-state index in [1.54, 1.807) is 0 Å². The molecule has 1 unspecified atom stereocenters. The second kappa shape index (κ2) is 6.38. The second-order valence-electron chi connectivity index (χ2n) is 5.70. The molecule has 0 spiro atoms. The summed E-state index contributed by atoms with van der Waals surface area (Å²) in [7, 11) is 0. The summed E-state index contributed by atoms with van der Waals surface area (Å²) in [6.45, 7) is 7.69. The monoisotopic (exact) mass is 324 g/mol. The van der Waals surface area contributed by atoms with Crippen LogP contribution < -0.4 is 5.73 Å². The summed E-state index contributed by atoms with van der Waals surface area (Å²) in [5, 5.41) is 0. The van der Waals surface area contributed by atoms with Crippen molar-refractivity contribution >= 4 is 15.9 Å². The van der Waals surface area contributed by atoms with E-state index >= 15 is 0 Å². The molecule has 2 nitrogen and oxygen atoms in total. The Balaban J connectivity index is 2.19. The van der Waals surface area contributed by atoms with Crippen molar-refractivity contribution in [2.75, 3.05) is 19.6 Å². The van der Waals surface area contributed by atoms with Crippen LogP contribution in [0, 0.1) is 5.41 Å². The quantitative estimate of drug-likeness (QED) is 0.888. The van der Waals surface area contributed by atoms with Crippen molar-refractivity contribution in [2.24, 2.45) is 11.1 Å². The molecule has 106 valence electrons. The van der Waals surface area contributed by atoms with E-state index in [0.29, 0.717) is 18.0 Å². The summed E-state index contributed by atoms with van der Waals surface area (Å²) < 4.78 is 1.18. The van der Waals surface area contributed by atoms with Gasteiger partial charge in [0.1, 0.15) is 0 Å². The van der Waals surface area contributed by atoms with E-state index in [-0.39, 0.29) is 0 Å². The molecule has 1 aromatic rings. The van der Waals surface area contributed by atoms with Crippen LogP contribution in [-0.2, 0) is 0 Å². The number of halogens is 1. The molecule has 1 aliphatic heterocycles. The lowest BCUT2D eigenvalue weighted by Crippen LogP contribution is -2.34. The van der Waals surface area contributed by atoms with Gasteiger partial charge in [0.15, 0.2) is 0 Å². The number of hydrogen-bond donors (Lipinski definition) is 1. The highest BCUT2D eigenvalue weighted by molar-refractivity contribution is 9.10. The Morgan fingerprint density at radius 3 is 2.53 bits per heavy atom. The molecule has 2 N–H and O–H groups in total. The van der Waals surface area contributed by atoms with Crippen LogP contribution in [0.2, 0.25) is 0 Å². The number of rotatable bonds is 5. The highest BCUT2D eigenvalue weighted by Crippen LogP contribution is 2.41. The smallest absolute Gasteiger partial charge is 0.0481 e. The molecule has 1 saturated heterocycles. The number of likely N-dealkylation sites (tertiary alicyclic amines) is 1. The minimum absolute atomic E-state index is 0.343. The largest absolute Gasteiger partial charge is 0.329 e. The lowest BCUT2D eigenvalue weighted by molar-refractivity contribution is 0.197. The van der Waals surface area contributed by atoms with E-state index in [4.69, 9.17) is 5.73 Å². The predicted molar refractivity (Wildman–Crippen MR) is 85.1 cm³/mol. The van der Waals surface area contributed by atoms with Gasteiger partial charge in [-0.1, -0.05) is 48.0 Å². The Bertz CT molecular complexity index is 415. The molecule has 0 aliphatic carbocycles. The number of hydrogen-bond acceptors (Lipinski definition) is 2. The first-order chi connectivity index (χ1) is 9.15. The van der Waals surface area contributed by atoms with Gasteiger partial charge in [-0.2, -0.15) is 0 Å².